The minimum atomic E-state index is 0. The third-order valence-corrected chi connectivity index (χ3v) is 0. The first-order chi connectivity index (χ1) is 0. The summed E-state index contributed by atoms with van der Waals surface area (Å²) in [7, 11) is 0. The summed E-state index contributed by atoms with van der Waals surface area (Å²) >= 11 is 0. The summed E-state index contributed by atoms with van der Waals surface area (Å²) in [5.41, 5.74) is 0. The van der Waals surface area contributed by atoms with E-state index in [0.29, 0.717) is 0 Å². The van der Waals surface area contributed by atoms with Gasteiger partial charge in [0.25, 0.3) is 0 Å². The Morgan fingerprint density at radius 3 is 1.20 bits per heavy atom. The van der Waals surface area contributed by atoms with Crippen LogP contribution in [-0.4, -0.2) is 40.4 Å². The van der Waals surface area contributed by atoms with Crippen molar-refractivity contribution in [2.45, 2.75) is 0 Å². The summed E-state index contributed by atoms with van der Waals surface area (Å²) in [5.74, 6) is 0. The molecular weight excluding hydrogens is 361 g/mol. The van der Waals surface area contributed by atoms with Crippen LogP contribution in [0.3, 0.4) is 0 Å². The molecule has 0 bridgehead atoms. The van der Waals surface area contributed by atoms with Crippen LogP contribution in [0.25, 0.3) is 0 Å². The van der Waals surface area contributed by atoms with E-state index in [4.69, 9.17) is 0 Å². The Bertz CT molecular complexity index is 17.7. The van der Waals surface area contributed by atoms with Gasteiger partial charge in [-0.15, -0.1) is 0 Å². The zero-order chi connectivity index (χ0) is 0. The Kier molecular flexibility index (Phi) is 226. The van der Waals surface area contributed by atoms with Crippen LogP contribution in [0.4, 0.5) is 0 Å². The standard InChI is InChI=1S/Al.Cu.Mg.Ta.Zn.5H/q;;+2;;;;;;2*-1. The smallest absolute Gasteiger partial charge is 1.00 e. The van der Waals surface area contributed by atoms with Gasteiger partial charge in [-0.2, -0.15) is 0 Å². The first kappa shape index (κ1) is 41.7. The molecule has 0 rings (SSSR count). The van der Waals surface area contributed by atoms with Crippen LogP contribution in [0.15, 0.2) is 0 Å². The second-order valence-corrected chi connectivity index (χ2v) is 0. The van der Waals surface area contributed by atoms with Gasteiger partial charge in [-0.3, -0.25) is 0 Å². The Morgan fingerprint density at radius 2 is 1.20 bits per heavy atom. The van der Waals surface area contributed by atoms with Gasteiger partial charge in [0.1, 0.15) is 0 Å². The molecule has 5 heavy (non-hydrogen) atoms. The predicted octanol–water partition coefficient (Wildman–Crippen LogP) is -1.35. The molecule has 5 heteroatoms. The molecule has 0 aliphatic carbocycles. The third kappa shape index (κ3) is 19.0. The quantitative estimate of drug-likeness (QED) is 0.466. The average molecular weight is 366 g/mol. The Balaban J connectivity index is 0. The largest absolute Gasteiger partial charge is 2.00 e. The molecule has 28 valence electrons. The topological polar surface area (TPSA) is 0 Å². The molecule has 0 unspecified atom stereocenters. The van der Waals surface area contributed by atoms with E-state index in [1.165, 1.54) is 0 Å². The zero-order valence-corrected chi connectivity index (χ0v) is 10.7. The molecule has 0 saturated heterocycles. The molecule has 0 N–H and O–H groups in total. The maximum Gasteiger partial charge on any atom is 2.00 e. The van der Waals surface area contributed by atoms with E-state index < -0.39 is 0 Å². The van der Waals surface area contributed by atoms with Crippen LogP contribution in [0.1, 0.15) is 2.85 Å². The minimum Gasteiger partial charge on any atom is -1.00 e. The summed E-state index contributed by atoms with van der Waals surface area (Å²) in [6, 6.07) is 0. The van der Waals surface area contributed by atoms with Crippen molar-refractivity contribution in [1.82, 2.24) is 0 Å². The van der Waals surface area contributed by atoms with Gasteiger partial charge < -0.3 is 2.85 Å². The van der Waals surface area contributed by atoms with Crippen LogP contribution in [-0.2, 0) is 58.9 Å². The maximum atomic E-state index is 0. The van der Waals surface area contributed by atoms with E-state index >= 15 is 0 Å². The fraction of sp³-hybridized carbons (Fsp3) is 0. The first-order valence-corrected chi connectivity index (χ1v) is 0. The normalized spacial score (nSPS) is 0. The van der Waals surface area contributed by atoms with Crippen molar-refractivity contribution in [3.05, 3.63) is 0 Å². The molecule has 0 nitrogen and oxygen atoms in total. The van der Waals surface area contributed by atoms with E-state index in [0.717, 1.165) is 0 Å². The van der Waals surface area contributed by atoms with Crippen molar-refractivity contribution in [3.8, 4) is 0 Å². The molecule has 0 aliphatic rings. The zero-order valence-electron chi connectivity index (χ0n) is 4.16. The van der Waals surface area contributed by atoms with E-state index in [1.807, 2.05) is 0 Å². The van der Waals surface area contributed by atoms with Crippen LogP contribution in [0.5, 0.6) is 0 Å². The fourth-order valence-electron chi connectivity index (χ4n) is 0. The van der Waals surface area contributed by atoms with E-state index in [-0.39, 0.29) is 102 Å². The molecular formula is H5AlCuMgTaZn. The van der Waals surface area contributed by atoms with Gasteiger partial charge in [0, 0.05) is 58.9 Å². The maximum absolute atomic E-state index is 0. The minimum absolute atomic E-state index is 0. The van der Waals surface area contributed by atoms with Gasteiger partial charge in [0.05, 0.1) is 0 Å². The van der Waals surface area contributed by atoms with Crippen molar-refractivity contribution in [2.75, 3.05) is 0 Å². The number of hydrogen-bond acceptors (Lipinski definition) is 0. The monoisotopic (exact) mass is 364 g/mol. The summed E-state index contributed by atoms with van der Waals surface area (Å²) in [4.78, 5) is 0. The van der Waals surface area contributed by atoms with E-state index in [9.17, 15) is 0 Å². The summed E-state index contributed by atoms with van der Waals surface area (Å²) in [5, 5.41) is 0. The molecule has 0 amide bonds. The molecule has 2 radical (unpaired) electrons. The van der Waals surface area contributed by atoms with Crippen molar-refractivity contribution in [2.24, 2.45) is 0 Å². The second-order valence-electron chi connectivity index (χ2n) is 0. The van der Waals surface area contributed by atoms with Crippen LogP contribution in [0, 0.1) is 0 Å². The average Bonchev–Trinajstić information content (AvgIpc) is 0. The third-order valence-electron chi connectivity index (χ3n) is 0. The molecule has 0 heterocycles. The van der Waals surface area contributed by atoms with E-state index in [2.05, 4.69) is 0 Å². The van der Waals surface area contributed by atoms with Gasteiger partial charge in [-0.1, -0.05) is 0 Å². The molecule has 0 saturated carbocycles. The molecule has 0 fully saturated rings. The van der Waals surface area contributed by atoms with Crippen molar-refractivity contribution >= 4 is 40.4 Å². The Hall–Kier alpha value is 3.18. The second kappa shape index (κ2) is 27.1. The molecule has 0 aromatic carbocycles. The number of rotatable bonds is 0. The van der Waals surface area contributed by atoms with Crippen molar-refractivity contribution in [1.29, 1.82) is 0 Å². The van der Waals surface area contributed by atoms with Gasteiger partial charge in [-0.25, -0.2) is 0 Å². The number of hydrogen-bond donors (Lipinski definition) is 0. The van der Waals surface area contributed by atoms with Gasteiger partial charge in [-0.05, 0) is 0 Å². The molecule has 0 aliphatic heterocycles. The van der Waals surface area contributed by atoms with Crippen LogP contribution in [0.2, 0.25) is 0 Å². The SMILES string of the molecule is [AlH3].[Cu].[H-].[H-].[Mg+2].[Ta].[Zn]. The molecule has 0 aromatic heterocycles. The fourth-order valence-corrected chi connectivity index (χ4v) is 0. The van der Waals surface area contributed by atoms with Crippen molar-refractivity contribution < 1.29 is 61.8 Å². The van der Waals surface area contributed by atoms with Crippen LogP contribution < -0.4 is 0 Å². The van der Waals surface area contributed by atoms with Gasteiger partial charge in [0.2, 0.25) is 0 Å². The Labute approximate surface area is 101 Å². The summed E-state index contributed by atoms with van der Waals surface area (Å²) in [6.45, 7) is 0. The molecule has 0 spiro atoms. The van der Waals surface area contributed by atoms with E-state index in [1.54, 1.807) is 0 Å². The Morgan fingerprint density at radius 1 is 1.20 bits per heavy atom. The van der Waals surface area contributed by atoms with Crippen molar-refractivity contribution in [3.63, 3.8) is 0 Å². The first-order valence-electron chi connectivity index (χ1n) is 0. The summed E-state index contributed by atoms with van der Waals surface area (Å²) < 4.78 is 0. The van der Waals surface area contributed by atoms with Gasteiger partial charge >= 0.3 is 23.1 Å². The molecule has 0 aromatic rings. The predicted molar refractivity (Wildman–Crippen MR) is 17.9 cm³/mol. The van der Waals surface area contributed by atoms with Crippen LogP contribution >= 0.6 is 0 Å². The molecule has 0 atom stereocenters. The van der Waals surface area contributed by atoms with Gasteiger partial charge in [0.15, 0.2) is 17.4 Å². The summed E-state index contributed by atoms with van der Waals surface area (Å²) in [6.07, 6.45) is 0.